The number of aliphatic hydroxyl groups excluding tert-OH is 1. The summed E-state index contributed by atoms with van der Waals surface area (Å²) in [4.78, 5) is 2.42. The van der Waals surface area contributed by atoms with Gasteiger partial charge in [-0.3, -0.25) is 0 Å². The molecule has 86 valence electrons. The Hall–Kier alpha value is -0.600. The average Bonchev–Trinajstić information content (AvgIpc) is 2.39. The quantitative estimate of drug-likeness (QED) is 0.545. The Morgan fingerprint density at radius 3 is 2.24 bits per heavy atom. The first-order valence-electron chi connectivity index (χ1n) is 6.34. The normalized spacial score (nSPS) is 27.0. The molecule has 1 aliphatic rings. The van der Waals surface area contributed by atoms with E-state index < -0.39 is 0 Å². The average molecular weight is 225 g/mol. The van der Waals surface area contributed by atoms with Gasteiger partial charge in [-0.25, -0.2) is 0 Å². The number of hydrogen-bond acceptors (Lipinski definition) is 2. The minimum atomic E-state index is -0.249. The molecule has 2 nitrogen and oxygen atoms in total. The van der Waals surface area contributed by atoms with Crippen molar-refractivity contribution in [1.29, 1.82) is 0 Å². The molecule has 1 saturated heterocycles. The van der Waals surface area contributed by atoms with E-state index in [1.54, 1.807) is 0 Å². The van der Waals surface area contributed by atoms with Crippen molar-refractivity contribution in [2.45, 2.75) is 29.7 Å². The molecule has 0 saturated carbocycles. The van der Waals surface area contributed by atoms with Crippen molar-refractivity contribution >= 4 is 31.4 Å². The first-order valence-corrected chi connectivity index (χ1v) is 6.34. The fraction of sp³-hybridized carbons (Fsp3) is 0.455. The Morgan fingerprint density at radius 1 is 1.18 bits per heavy atom. The number of nitrogens with zero attached hydrogens (tertiary/aromatic N) is 1. The second-order valence-corrected chi connectivity index (χ2v) is 6.26. The fourth-order valence-corrected chi connectivity index (χ4v) is 2.98. The highest BCUT2D eigenvalue weighted by molar-refractivity contribution is 6.45. The van der Waals surface area contributed by atoms with E-state index in [1.807, 2.05) is 6.07 Å². The number of rotatable bonds is 2. The maximum Gasteiger partial charge on any atom is 0.120 e. The van der Waals surface area contributed by atoms with Crippen molar-refractivity contribution in [3.8, 4) is 0 Å². The SMILES string of the molecule is BC1(B)C[C@H](O)C(B)(B)N1Cc1ccccc1. The molecule has 0 aromatic heterocycles. The third-order valence-electron chi connectivity index (χ3n) is 4.12. The van der Waals surface area contributed by atoms with Gasteiger partial charge in [0.15, 0.2) is 0 Å². The third kappa shape index (κ3) is 2.34. The first-order chi connectivity index (χ1) is 7.84. The lowest BCUT2D eigenvalue weighted by Gasteiger charge is -2.41. The summed E-state index contributed by atoms with van der Waals surface area (Å²) in [7, 11) is 8.70. The van der Waals surface area contributed by atoms with Crippen LogP contribution in [0, 0.1) is 0 Å². The van der Waals surface area contributed by atoms with Crippen LogP contribution in [0.5, 0.6) is 0 Å². The Morgan fingerprint density at radius 2 is 1.76 bits per heavy atom. The molecule has 17 heavy (non-hydrogen) atoms. The van der Waals surface area contributed by atoms with E-state index in [0.29, 0.717) is 0 Å². The largest absolute Gasteiger partial charge is 0.393 e. The third-order valence-corrected chi connectivity index (χ3v) is 4.12. The van der Waals surface area contributed by atoms with Gasteiger partial charge in [0.2, 0.25) is 0 Å². The van der Waals surface area contributed by atoms with Crippen molar-refractivity contribution in [3.05, 3.63) is 35.9 Å². The van der Waals surface area contributed by atoms with E-state index in [4.69, 9.17) is 0 Å². The number of hydrogen-bond donors (Lipinski definition) is 1. The highest BCUT2D eigenvalue weighted by Gasteiger charge is 2.49. The van der Waals surface area contributed by atoms with Crippen LogP contribution < -0.4 is 0 Å². The van der Waals surface area contributed by atoms with Crippen LogP contribution in [0.15, 0.2) is 30.3 Å². The van der Waals surface area contributed by atoms with Crippen molar-refractivity contribution in [1.82, 2.24) is 4.90 Å². The van der Waals surface area contributed by atoms with Gasteiger partial charge in [-0.1, -0.05) is 30.3 Å². The fourth-order valence-electron chi connectivity index (χ4n) is 2.98. The zero-order chi connectivity index (χ0) is 12.7. The van der Waals surface area contributed by atoms with Gasteiger partial charge in [0, 0.05) is 6.54 Å². The zero-order valence-corrected chi connectivity index (χ0v) is 11.3. The van der Waals surface area contributed by atoms with E-state index >= 15 is 0 Å². The molecule has 1 aliphatic heterocycles. The van der Waals surface area contributed by atoms with Gasteiger partial charge in [-0.05, 0) is 22.7 Å². The topological polar surface area (TPSA) is 23.5 Å². The van der Waals surface area contributed by atoms with Crippen LogP contribution in [-0.4, -0.2) is 58.2 Å². The van der Waals surface area contributed by atoms with E-state index in [9.17, 15) is 5.11 Å². The number of benzene rings is 1. The van der Waals surface area contributed by atoms with Gasteiger partial charge >= 0.3 is 0 Å². The molecule has 0 unspecified atom stereocenters. The zero-order valence-electron chi connectivity index (χ0n) is 11.3. The molecular weight excluding hydrogens is 205 g/mol. The van der Waals surface area contributed by atoms with E-state index in [1.165, 1.54) is 5.56 Å². The predicted molar refractivity (Wildman–Crippen MR) is 82.2 cm³/mol. The Labute approximate surface area is 107 Å². The second kappa shape index (κ2) is 4.25. The van der Waals surface area contributed by atoms with Crippen LogP contribution in [0.4, 0.5) is 0 Å². The van der Waals surface area contributed by atoms with Gasteiger partial charge in [0.05, 0.1) is 6.10 Å². The Balaban J connectivity index is 2.24. The molecule has 0 amide bonds. The summed E-state index contributed by atoms with van der Waals surface area (Å²) in [6.45, 7) is 0.901. The van der Waals surface area contributed by atoms with Gasteiger partial charge in [0.1, 0.15) is 31.4 Å². The highest BCUT2D eigenvalue weighted by Crippen LogP contribution is 2.35. The van der Waals surface area contributed by atoms with Crippen molar-refractivity contribution in [3.63, 3.8) is 0 Å². The molecule has 0 spiro atoms. The molecule has 0 radical (unpaired) electrons. The van der Waals surface area contributed by atoms with Crippen LogP contribution in [0.3, 0.4) is 0 Å². The summed E-state index contributed by atoms with van der Waals surface area (Å²) < 4.78 is 0. The molecule has 6 heteroatoms. The summed E-state index contributed by atoms with van der Waals surface area (Å²) in [5, 5.41) is 10.1. The van der Waals surface area contributed by atoms with Gasteiger partial charge in [0.25, 0.3) is 0 Å². The van der Waals surface area contributed by atoms with Gasteiger partial charge in [-0.15, -0.1) is 0 Å². The summed E-state index contributed by atoms with van der Waals surface area (Å²) in [6.07, 6.45) is 0.591. The van der Waals surface area contributed by atoms with E-state index in [2.05, 4.69) is 60.6 Å². The van der Waals surface area contributed by atoms with Crippen molar-refractivity contribution < 1.29 is 5.11 Å². The molecule has 1 N–H and O–H groups in total. The van der Waals surface area contributed by atoms with Crippen LogP contribution >= 0.6 is 0 Å². The van der Waals surface area contributed by atoms with Gasteiger partial charge < -0.3 is 10.0 Å². The lowest BCUT2D eigenvalue weighted by atomic mass is 9.58. The Bertz CT molecular complexity index is 396. The summed E-state index contributed by atoms with van der Waals surface area (Å²) in [6, 6.07) is 10.5. The second-order valence-electron chi connectivity index (χ2n) is 6.26. The highest BCUT2D eigenvalue weighted by atomic mass is 16.3. The smallest absolute Gasteiger partial charge is 0.120 e. The molecule has 1 atom stereocenters. The molecule has 0 aliphatic carbocycles. The molecule has 2 rings (SSSR count). The van der Waals surface area contributed by atoms with Crippen LogP contribution in [0.25, 0.3) is 0 Å². The number of likely N-dealkylation sites (tertiary alicyclic amines) is 1. The minimum Gasteiger partial charge on any atom is -0.393 e. The molecule has 0 bridgehead atoms. The molecular formula is C11H19B4NO. The first kappa shape index (κ1) is 12.8. The van der Waals surface area contributed by atoms with Crippen LogP contribution in [0.1, 0.15) is 12.0 Å². The molecule has 1 aromatic carbocycles. The maximum absolute atomic E-state index is 10.2. The van der Waals surface area contributed by atoms with Crippen LogP contribution in [-0.2, 0) is 6.54 Å². The number of aliphatic hydroxyl groups is 1. The van der Waals surface area contributed by atoms with E-state index in [0.717, 1.165) is 13.0 Å². The Kier molecular flexibility index (Phi) is 3.21. The summed E-state index contributed by atoms with van der Waals surface area (Å²) >= 11 is 0. The standard InChI is InChI=1S/C11H19B4NO/c12-10(13)6-9(17)11(14,15)16(10)7-8-4-2-1-3-5-8/h1-5,9,17H,6-7,12-15H2/t9-/m0/s1. The predicted octanol–water partition coefficient (Wildman–Crippen LogP) is -2.91. The van der Waals surface area contributed by atoms with Crippen molar-refractivity contribution in [2.75, 3.05) is 0 Å². The van der Waals surface area contributed by atoms with Crippen LogP contribution in [0.2, 0.25) is 0 Å². The summed E-state index contributed by atoms with van der Waals surface area (Å²) in [5.41, 5.74) is 1.31. The van der Waals surface area contributed by atoms with E-state index in [-0.39, 0.29) is 16.8 Å². The molecule has 1 aromatic rings. The monoisotopic (exact) mass is 225 g/mol. The summed E-state index contributed by atoms with van der Waals surface area (Å²) in [5.74, 6) is 0. The van der Waals surface area contributed by atoms with Gasteiger partial charge in [-0.2, -0.15) is 0 Å². The lowest BCUT2D eigenvalue weighted by molar-refractivity contribution is 0.128. The molecule has 1 fully saturated rings. The minimum absolute atomic E-state index is 0.0543. The lowest BCUT2D eigenvalue weighted by Crippen LogP contribution is -2.57. The molecule has 1 heterocycles. The maximum atomic E-state index is 10.2. The van der Waals surface area contributed by atoms with Crippen molar-refractivity contribution in [2.24, 2.45) is 0 Å².